The number of aryl methyl sites for hydroxylation is 4. The Bertz CT molecular complexity index is 571. The minimum absolute atomic E-state index is 0.229. The van der Waals surface area contributed by atoms with Gasteiger partial charge in [0.2, 0.25) is 0 Å². The molecule has 0 N–H and O–H groups in total. The third-order valence-electron chi connectivity index (χ3n) is 4.66. The molecule has 2 heterocycles. The molecule has 1 aliphatic carbocycles. The van der Waals surface area contributed by atoms with Crippen LogP contribution >= 0.6 is 0 Å². The second-order valence-electron chi connectivity index (χ2n) is 6.56. The van der Waals surface area contributed by atoms with Crippen LogP contribution in [0.2, 0.25) is 0 Å². The SMILES string of the molecule is Cc1cc(C)n(C(C2CCCCC2)n2nc(C)cc2C)n1. The van der Waals surface area contributed by atoms with E-state index >= 15 is 0 Å². The lowest BCUT2D eigenvalue weighted by Gasteiger charge is -2.32. The fourth-order valence-electron chi connectivity index (χ4n) is 3.76. The molecule has 114 valence electrons. The van der Waals surface area contributed by atoms with Gasteiger partial charge in [0, 0.05) is 17.3 Å². The Morgan fingerprint density at radius 3 is 1.71 bits per heavy atom. The number of rotatable bonds is 3. The molecule has 1 aliphatic rings. The number of hydrogen-bond acceptors (Lipinski definition) is 2. The molecule has 2 aromatic heterocycles. The molecular formula is C17H26N4. The highest BCUT2D eigenvalue weighted by molar-refractivity contribution is 5.12. The maximum atomic E-state index is 4.77. The van der Waals surface area contributed by atoms with Crippen LogP contribution in [0.5, 0.6) is 0 Å². The summed E-state index contributed by atoms with van der Waals surface area (Å²) in [5.41, 5.74) is 4.65. The first-order valence-electron chi connectivity index (χ1n) is 8.12. The second-order valence-corrected chi connectivity index (χ2v) is 6.56. The van der Waals surface area contributed by atoms with Crippen molar-refractivity contribution >= 4 is 0 Å². The monoisotopic (exact) mass is 286 g/mol. The molecular weight excluding hydrogens is 260 g/mol. The molecule has 0 saturated heterocycles. The van der Waals surface area contributed by atoms with Crippen molar-refractivity contribution in [2.24, 2.45) is 5.92 Å². The van der Waals surface area contributed by atoms with Crippen molar-refractivity contribution in [2.45, 2.75) is 66.0 Å². The Morgan fingerprint density at radius 1 is 0.857 bits per heavy atom. The van der Waals surface area contributed by atoms with Gasteiger partial charge in [0.05, 0.1) is 11.4 Å². The van der Waals surface area contributed by atoms with Gasteiger partial charge < -0.3 is 0 Å². The predicted molar refractivity (Wildman–Crippen MR) is 84.4 cm³/mol. The van der Waals surface area contributed by atoms with E-state index in [-0.39, 0.29) is 6.17 Å². The Hall–Kier alpha value is -1.58. The molecule has 3 rings (SSSR count). The van der Waals surface area contributed by atoms with Gasteiger partial charge in [0.25, 0.3) is 0 Å². The standard InChI is InChI=1S/C17H26N4/c1-12-10-14(3)20(18-12)17(16-8-6-5-7-9-16)21-15(4)11-13(2)19-21/h10-11,16-17H,5-9H2,1-4H3. The summed E-state index contributed by atoms with van der Waals surface area (Å²) in [6.45, 7) is 8.45. The maximum absolute atomic E-state index is 4.77. The quantitative estimate of drug-likeness (QED) is 0.856. The summed E-state index contributed by atoms with van der Waals surface area (Å²) >= 11 is 0. The Kier molecular flexibility index (Phi) is 3.87. The molecule has 4 nitrogen and oxygen atoms in total. The van der Waals surface area contributed by atoms with Crippen molar-refractivity contribution in [3.05, 3.63) is 34.9 Å². The number of hydrogen-bond donors (Lipinski definition) is 0. The first kappa shape index (κ1) is 14.4. The molecule has 0 atom stereocenters. The third-order valence-corrected chi connectivity index (χ3v) is 4.66. The zero-order chi connectivity index (χ0) is 15.0. The summed E-state index contributed by atoms with van der Waals surface area (Å²) in [5, 5.41) is 9.54. The van der Waals surface area contributed by atoms with Gasteiger partial charge in [-0.25, -0.2) is 9.36 Å². The molecule has 21 heavy (non-hydrogen) atoms. The normalized spacial score (nSPS) is 16.8. The summed E-state index contributed by atoms with van der Waals surface area (Å²) in [7, 11) is 0. The summed E-state index contributed by atoms with van der Waals surface area (Å²) < 4.78 is 4.40. The molecule has 0 aliphatic heterocycles. The van der Waals surface area contributed by atoms with Crippen molar-refractivity contribution in [1.29, 1.82) is 0 Å². The van der Waals surface area contributed by atoms with Crippen LogP contribution < -0.4 is 0 Å². The zero-order valence-electron chi connectivity index (χ0n) is 13.6. The van der Waals surface area contributed by atoms with Crippen molar-refractivity contribution in [3.8, 4) is 0 Å². The van der Waals surface area contributed by atoms with Crippen LogP contribution in [0.15, 0.2) is 12.1 Å². The van der Waals surface area contributed by atoms with Crippen LogP contribution in [0, 0.1) is 33.6 Å². The van der Waals surface area contributed by atoms with Gasteiger partial charge in [-0.1, -0.05) is 19.3 Å². The van der Waals surface area contributed by atoms with Gasteiger partial charge in [-0.3, -0.25) is 0 Å². The van der Waals surface area contributed by atoms with Crippen molar-refractivity contribution in [3.63, 3.8) is 0 Å². The van der Waals surface area contributed by atoms with Crippen molar-refractivity contribution < 1.29 is 0 Å². The zero-order valence-corrected chi connectivity index (χ0v) is 13.6. The van der Waals surface area contributed by atoms with Gasteiger partial charge >= 0.3 is 0 Å². The largest absolute Gasteiger partial charge is 0.245 e. The highest BCUT2D eigenvalue weighted by atomic mass is 15.5. The minimum Gasteiger partial charge on any atom is -0.245 e. The van der Waals surface area contributed by atoms with Gasteiger partial charge in [0.15, 0.2) is 0 Å². The number of nitrogens with zero attached hydrogens (tertiary/aromatic N) is 4. The molecule has 4 heteroatoms. The molecule has 0 amide bonds. The molecule has 0 radical (unpaired) electrons. The van der Waals surface area contributed by atoms with E-state index in [9.17, 15) is 0 Å². The smallest absolute Gasteiger partial charge is 0.146 e. The lowest BCUT2D eigenvalue weighted by molar-refractivity contribution is 0.186. The van der Waals surface area contributed by atoms with E-state index in [0.717, 1.165) is 11.4 Å². The van der Waals surface area contributed by atoms with Crippen LogP contribution in [0.4, 0.5) is 0 Å². The average molecular weight is 286 g/mol. The maximum Gasteiger partial charge on any atom is 0.146 e. The first-order chi connectivity index (χ1) is 10.1. The van der Waals surface area contributed by atoms with E-state index in [1.165, 1.54) is 43.5 Å². The van der Waals surface area contributed by atoms with Gasteiger partial charge in [-0.15, -0.1) is 0 Å². The molecule has 1 fully saturated rings. The van der Waals surface area contributed by atoms with E-state index in [1.54, 1.807) is 0 Å². The third kappa shape index (κ3) is 2.76. The van der Waals surface area contributed by atoms with Gasteiger partial charge in [-0.2, -0.15) is 10.2 Å². The van der Waals surface area contributed by atoms with E-state index in [4.69, 9.17) is 10.2 Å². The topological polar surface area (TPSA) is 35.6 Å². The summed E-state index contributed by atoms with van der Waals surface area (Å²) in [4.78, 5) is 0. The molecule has 1 saturated carbocycles. The van der Waals surface area contributed by atoms with E-state index in [0.29, 0.717) is 5.92 Å². The molecule has 0 unspecified atom stereocenters. The Balaban J connectivity index is 2.06. The lowest BCUT2D eigenvalue weighted by atomic mass is 9.87. The van der Waals surface area contributed by atoms with Crippen molar-refractivity contribution in [2.75, 3.05) is 0 Å². The summed E-state index contributed by atoms with van der Waals surface area (Å²) in [5.74, 6) is 0.634. The van der Waals surface area contributed by atoms with E-state index < -0.39 is 0 Å². The second kappa shape index (κ2) is 5.66. The van der Waals surface area contributed by atoms with Crippen LogP contribution in [0.1, 0.15) is 61.0 Å². The number of aromatic nitrogens is 4. The Labute approximate surface area is 127 Å². The van der Waals surface area contributed by atoms with Crippen LogP contribution in [0.25, 0.3) is 0 Å². The summed E-state index contributed by atoms with van der Waals surface area (Å²) in [6.07, 6.45) is 6.83. The molecule has 0 aromatic carbocycles. The predicted octanol–water partition coefficient (Wildman–Crippen LogP) is 3.94. The van der Waals surface area contributed by atoms with Crippen molar-refractivity contribution in [1.82, 2.24) is 19.6 Å². The lowest BCUT2D eigenvalue weighted by Crippen LogP contribution is -2.31. The van der Waals surface area contributed by atoms with Crippen LogP contribution in [-0.2, 0) is 0 Å². The van der Waals surface area contributed by atoms with E-state index in [1.807, 2.05) is 0 Å². The van der Waals surface area contributed by atoms with Crippen LogP contribution in [-0.4, -0.2) is 19.6 Å². The fraction of sp³-hybridized carbons (Fsp3) is 0.647. The molecule has 0 bridgehead atoms. The van der Waals surface area contributed by atoms with Gasteiger partial charge in [0.1, 0.15) is 6.17 Å². The first-order valence-corrected chi connectivity index (χ1v) is 8.12. The molecule has 0 spiro atoms. The van der Waals surface area contributed by atoms with Gasteiger partial charge in [-0.05, 0) is 52.7 Å². The highest BCUT2D eigenvalue weighted by Crippen LogP contribution is 2.35. The highest BCUT2D eigenvalue weighted by Gasteiger charge is 2.29. The average Bonchev–Trinajstić information content (AvgIpc) is 2.94. The molecule has 2 aromatic rings. The van der Waals surface area contributed by atoms with E-state index in [2.05, 4.69) is 49.2 Å². The summed E-state index contributed by atoms with van der Waals surface area (Å²) in [6, 6.07) is 4.34. The van der Waals surface area contributed by atoms with Crippen LogP contribution in [0.3, 0.4) is 0 Å². The fourth-order valence-corrected chi connectivity index (χ4v) is 3.76. The minimum atomic E-state index is 0.229. The Morgan fingerprint density at radius 2 is 1.33 bits per heavy atom.